The topological polar surface area (TPSA) is 21.3 Å². The third-order valence-electron chi connectivity index (χ3n) is 4.25. The molecule has 1 aromatic rings. The first-order chi connectivity index (χ1) is 10.1. The summed E-state index contributed by atoms with van der Waals surface area (Å²) >= 11 is 18.1. The lowest BCUT2D eigenvalue weighted by Gasteiger charge is -2.43. The molecule has 1 spiro atoms. The van der Waals surface area contributed by atoms with Gasteiger partial charge in [-0.2, -0.15) is 11.8 Å². The van der Waals surface area contributed by atoms with Gasteiger partial charge in [0, 0.05) is 17.1 Å². The van der Waals surface area contributed by atoms with E-state index in [9.17, 15) is 0 Å². The van der Waals surface area contributed by atoms with Crippen molar-refractivity contribution in [2.75, 3.05) is 23.4 Å². The first kappa shape index (κ1) is 16.3. The maximum atomic E-state index is 6.32. The Morgan fingerprint density at radius 2 is 1.90 bits per heavy atom. The van der Waals surface area contributed by atoms with Crippen LogP contribution in [-0.4, -0.2) is 29.8 Å². The molecule has 6 heteroatoms. The summed E-state index contributed by atoms with van der Waals surface area (Å²) < 4.78 is 7.03. The van der Waals surface area contributed by atoms with Crippen LogP contribution >= 0.6 is 50.9 Å². The van der Waals surface area contributed by atoms with Gasteiger partial charge in [0.25, 0.3) is 0 Å². The summed E-state index contributed by atoms with van der Waals surface area (Å²) in [5.41, 5.74) is 0.906. The molecule has 1 aromatic carbocycles. The van der Waals surface area contributed by atoms with Crippen molar-refractivity contribution in [2.45, 2.75) is 37.3 Å². The van der Waals surface area contributed by atoms with Crippen molar-refractivity contribution in [1.82, 2.24) is 0 Å². The molecule has 1 N–H and O–H groups in total. The molecule has 2 nitrogen and oxygen atoms in total. The summed E-state index contributed by atoms with van der Waals surface area (Å²) in [6.45, 7) is 0.814. The Morgan fingerprint density at radius 3 is 2.57 bits per heavy atom. The highest BCUT2D eigenvalue weighted by atomic mass is 79.9. The Balaban J connectivity index is 1.73. The van der Waals surface area contributed by atoms with Gasteiger partial charge in [0.15, 0.2) is 0 Å². The maximum absolute atomic E-state index is 6.32. The molecule has 2 saturated heterocycles. The molecular weight excluding hydrogens is 393 g/mol. The highest BCUT2D eigenvalue weighted by Crippen LogP contribution is 2.40. The molecule has 116 valence electrons. The second-order valence-electron chi connectivity index (χ2n) is 5.72. The SMILES string of the molecule is Clc1cc(Br)cc(Cl)c1NC1CCOC2(CCSCC2)C1. The van der Waals surface area contributed by atoms with Gasteiger partial charge in [-0.3, -0.25) is 0 Å². The fraction of sp³-hybridized carbons (Fsp3) is 0.600. The molecule has 21 heavy (non-hydrogen) atoms. The minimum Gasteiger partial charge on any atom is -0.380 e. The fourth-order valence-electron chi connectivity index (χ4n) is 3.13. The zero-order valence-corrected chi connectivity index (χ0v) is 15.5. The quantitative estimate of drug-likeness (QED) is 0.684. The van der Waals surface area contributed by atoms with Crippen molar-refractivity contribution in [3.63, 3.8) is 0 Å². The molecule has 0 bridgehead atoms. The van der Waals surface area contributed by atoms with Crippen LogP contribution in [0.3, 0.4) is 0 Å². The molecule has 0 aliphatic carbocycles. The normalized spacial score (nSPS) is 25.0. The Bertz CT molecular complexity index is 494. The average Bonchev–Trinajstić information content (AvgIpc) is 2.44. The summed E-state index contributed by atoms with van der Waals surface area (Å²) in [5.74, 6) is 2.40. The van der Waals surface area contributed by atoms with Gasteiger partial charge < -0.3 is 10.1 Å². The lowest BCUT2D eigenvalue weighted by molar-refractivity contribution is -0.0865. The molecule has 1 atom stereocenters. The van der Waals surface area contributed by atoms with Crippen LogP contribution in [0.25, 0.3) is 0 Å². The number of thioether (sulfide) groups is 1. The summed E-state index contributed by atoms with van der Waals surface area (Å²) in [4.78, 5) is 0. The molecule has 0 aromatic heterocycles. The number of anilines is 1. The van der Waals surface area contributed by atoms with Crippen molar-refractivity contribution in [3.8, 4) is 0 Å². The predicted molar refractivity (Wildman–Crippen MR) is 96.0 cm³/mol. The van der Waals surface area contributed by atoms with E-state index in [-0.39, 0.29) is 5.60 Å². The van der Waals surface area contributed by atoms with Crippen LogP contribution in [0.5, 0.6) is 0 Å². The number of halogens is 3. The zero-order chi connectivity index (χ0) is 14.9. The fourth-order valence-corrected chi connectivity index (χ4v) is 5.68. The molecule has 1 unspecified atom stereocenters. The molecular formula is C15H18BrCl2NOS. The van der Waals surface area contributed by atoms with Gasteiger partial charge in [0.1, 0.15) is 0 Å². The minimum atomic E-state index is 0.0650. The first-order valence-corrected chi connectivity index (χ1v) is 9.91. The second kappa shape index (κ2) is 6.88. The second-order valence-corrected chi connectivity index (χ2v) is 8.68. The van der Waals surface area contributed by atoms with Crippen LogP contribution in [0.1, 0.15) is 25.7 Å². The van der Waals surface area contributed by atoms with E-state index in [1.807, 2.05) is 23.9 Å². The summed E-state index contributed by atoms with van der Waals surface area (Å²) in [5, 5.41) is 4.87. The number of rotatable bonds is 2. The van der Waals surface area contributed by atoms with Crippen molar-refractivity contribution < 1.29 is 4.74 Å². The first-order valence-electron chi connectivity index (χ1n) is 7.21. The Hall–Kier alpha value is 0.390. The molecule has 0 saturated carbocycles. The van der Waals surface area contributed by atoms with E-state index in [4.69, 9.17) is 27.9 Å². The van der Waals surface area contributed by atoms with E-state index in [2.05, 4.69) is 21.2 Å². The van der Waals surface area contributed by atoms with Crippen molar-refractivity contribution in [2.24, 2.45) is 0 Å². The Labute approximate surface area is 148 Å². The van der Waals surface area contributed by atoms with Crippen LogP contribution in [0, 0.1) is 0 Å². The summed E-state index contributed by atoms with van der Waals surface area (Å²) in [6.07, 6.45) is 4.34. The van der Waals surface area contributed by atoms with Crippen LogP contribution < -0.4 is 5.32 Å². The zero-order valence-electron chi connectivity index (χ0n) is 11.6. The molecule has 0 radical (unpaired) electrons. The van der Waals surface area contributed by atoms with Gasteiger partial charge in [0.2, 0.25) is 0 Å². The molecule has 0 amide bonds. The average molecular weight is 411 g/mol. The summed E-state index contributed by atoms with van der Waals surface area (Å²) in [7, 11) is 0. The van der Waals surface area contributed by atoms with Gasteiger partial charge in [-0.25, -0.2) is 0 Å². The smallest absolute Gasteiger partial charge is 0.0721 e. The number of ether oxygens (including phenoxy) is 1. The summed E-state index contributed by atoms with van der Waals surface area (Å²) in [6, 6.07) is 4.13. The highest BCUT2D eigenvalue weighted by Gasteiger charge is 2.38. The van der Waals surface area contributed by atoms with E-state index in [1.165, 1.54) is 11.5 Å². The molecule has 2 aliphatic heterocycles. The van der Waals surface area contributed by atoms with Crippen LogP contribution in [0.15, 0.2) is 16.6 Å². The molecule has 2 heterocycles. The van der Waals surface area contributed by atoms with Gasteiger partial charge in [-0.05, 0) is 49.3 Å². The van der Waals surface area contributed by atoms with Gasteiger partial charge >= 0.3 is 0 Å². The van der Waals surface area contributed by atoms with Crippen molar-refractivity contribution in [3.05, 3.63) is 26.7 Å². The van der Waals surface area contributed by atoms with Crippen LogP contribution in [-0.2, 0) is 4.74 Å². The van der Waals surface area contributed by atoms with E-state index < -0.39 is 0 Å². The molecule has 3 rings (SSSR count). The van der Waals surface area contributed by atoms with Crippen molar-refractivity contribution in [1.29, 1.82) is 0 Å². The third-order valence-corrected chi connectivity index (χ3v) is 6.29. The van der Waals surface area contributed by atoms with E-state index in [0.29, 0.717) is 16.1 Å². The monoisotopic (exact) mass is 409 g/mol. The van der Waals surface area contributed by atoms with Gasteiger partial charge in [-0.1, -0.05) is 39.1 Å². The highest BCUT2D eigenvalue weighted by molar-refractivity contribution is 9.10. The Morgan fingerprint density at radius 1 is 1.24 bits per heavy atom. The third kappa shape index (κ3) is 3.84. The standard InChI is InChI=1S/C15H18BrCl2NOS/c16-10-7-12(17)14(13(18)8-10)19-11-1-4-20-15(9-11)2-5-21-6-3-15/h7-8,11,19H,1-6,9H2. The van der Waals surface area contributed by atoms with E-state index >= 15 is 0 Å². The number of hydrogen-bond acceptors (Lipinski definition) is 3. The molecule has 2 aliphatic rings. The lowest BCUT2D eigenvalue weighted by Crippen LogP contribution is -2.46. The molecule has 2 fully saturated rings. The maximum Gasteiger partial charge on any atom is 0.0721 e. The van der Waals surface area contributed by atoms with E-state index in [0.717, 1.165) is 42.5 Å². The van der Waals surface area contributed by atoms with E-state index in [1.54, 1.807) is 0 Å². The Kier molecular flexibility index (Phi) is 5.32. The minimum absolute atomic E-state index is 0.0650. The lowest BCUT2D eigenvalue weighted by atomic mass is 9.85. The van der Waals surface area contributed by atoms with Gasteiger partial charge in [-0.15, -0.1) is 0 Å². The number of nitrogens with one attached hydrogen (secondary N) is 1. The number of benzene rings is 1. The predicted octanol–water partition coefficient (Wildman–Crippen LogP) is 5.61. The van der Waals surface area contributed by atoms with Crippen LogP contribution in [0.2, 0.25) is 10.0 Å². The number of hydrogen-bond donors (Lipinski definition) is 1. The largest absolute Gasteiger partial charge is 0.380 e. The van der Waals surface area contributed by atoms with Crippen molar-refractivity contribution >= 4 is 56.6 Å². The van der Waals surface area contributed by atoms with Crippen LogP contribution in [0.4, 0.5) is 5.69 Å². The van der Waals surface area contributed by atoms with Gasteiger partial charge in [0.05, 0.1) is 21.3 Å².